The van der Waals surface area contributed by atoms with E-state index in [9.17, 15) is 0 Å². The Bertz CT molecular complexity index is 399. The lowest BCUT2D eigenvalue weighted by Gasteiger charge is -2.19. The first-order chi connectivity index (χ1) is 8.93. The maximum Gasteiger partial charge on any atom is 0.132 e. The topological polar surface area (TPSA) is 41.1 Å². The summed E-state index contributed by atoms with van der Waals surface area (Å²) < 4.78 is 0. The van der Waals surface area contributed by atoms with E-state index < -0.39 is 0 Å². The van der Waals surface area contributed by atoms with Crippen LogP contribution in [0.15, 0.2) is 6.33 Å². The molecule has 1 aromatic rings. The normalized spacial score (nSPS) is 19.8. The van der Waals surface area contributed by atoms with Crippen molar-refractivity contribution in [3.8, 4) is 0 Å². The third kappa shape index (κ3) is 2.64. The number of likely N-dealkylation sites (tertiary alicyclic amines) is 1. The zero-order valence-corrected chi connectivity index (χ0v) is 11.0. The smallest absolute Gasteiger partial charge is 0.132 e. The number of rotatable bonds is 4. The van der Waals surface area contributed by atoms with E-state index >= 15 is 0 Å². The maximum atomic E-state index is 4.42. The van der Waals surface area contributed by atoms with E-state index in [-0.39, 0.29) is 0 Å². The molecule has 3 rings (SSSR count). The molecular weight excluding hydrogens is 224 g/mol. The van der Waals surface area contributed by atoms with E-state index in [2.05, 4.69) is 20.2 Å². The largest absolute Gasteiger partial charge is 0.368 e. The monoisotopic (exact) mass is 246 g/mol. The fourth-order valence-electron chi connectivity index (χ4n) is 3.01. The molecule has 0 unspecified atom stereocenters. The molecule has 1 N–H and O–H groups in total. The fourth-order valence-corrected chi connectivity index (χ4v) is 3.01. The summed E-state index contributed by atoms with van der Waals surface area (Å²) in [5.41, 5.74) is 2.63. The summed E-state index contributed by atoms with van der Waals surface area (Å²) in [7, 11) is 0. The second-order valence-electron chi connectivity index (χ2n) is 5.33. The van der Waals surface area contributed by atoms with Crippen molar-refractivity contribution in [2.75, 3.05) is 31.5 Å². The maximum absolute atomic E-state index is 4.42. The molecule has 1 aromatic heterocycles. The van der Waals surface area contributed by atoms with E-state index in [1.807, 2.05) is 0 Å². The summed E-state index contributed by atoms with van der Waals surface area (Å²) in [6.45, 7) is 4.68. The summed E-state index contributed by atoms with van der Waals surface area (Å²) in [6, 6.07) is 0. The minimum atomic E-state index is 1.00. The van der Waals surface area contributed by atoms with Gasteiger partial charge in [0.25, 0.3) is 0 Å². The number of fused-ring (bicyclic) bond motifs is 1. The molecule has 1 aliphatic heterocycles. The molecule has 0 amide bonds. The van der Waals surface area contributed by atoms with E-state index in [1.165, 1.54) is 50.0 Å². The third-order valence-electron chi connectivity index (χ3n) is 4.04. The van der Waals surface area contributed by atoms with Crippen LogP contribution in [0.25, 0.3) is 0 Å². The van der Waals surface area contributed by atoms with Gasteiger partial charge in [-0.2, -0.15) is 0 Å². The van der Waals surface area contributed by atoms with Gasteiger partial charge >= 0.3 is 0 Å². The van der Waals surface area contributed by atoms with Crippen LogP contribution in [0.4, 0.5) is 5.82 Å². The third-order valence-corrected chi connectivity index (χ3v) is 4.04. The van der Waals surface area contributed by atoms with Crippen LogP contribution in [0, 0.1) is 0 Å². The highest BCUT2D eigenvalue weighted by atomic mass is 15.2. The van der Waals surface area contributed by atoms with Crippen molar-refractivity contribution >= 4 is 5.82 Å². The number of aromatic nitrogens is 2. The van der Waals surface area contributed by atoms with Crippen molar-refractivity contribution in [2.45, 2.75) is 38.5 Å². The van der Waals surface area contributed by atoms with Crippen molar-refractivity contribution in [3.05, 3.63) is 17.6 Å². The van der Waals surface area contributed by atoms with Crippen LogP contribution >= 0.6 is 0 Å². The molecule has 0 saturated carbocycles. The predicted octanol–water partition coefficient (Wildman–Crippen LogP) is 1.86. The lowest BCUT2D eigenvalue weighted by atomic mass is 9.96. The number of anilines is 1. The van der Waals surface area contributed by atoms with E-state index in [4.69, 9.17) is 0 Å². The number of hydrogen-bond acceptors (Lipinski definition) is 4. The molecule has 18 heavy (non-hydrogen) atoms. The van der Waals surface area contributed by atoms with E-state index in [0.29, 0.717) is 0 Å². The van der Waals surface area contributed by atoms with Gasteiger partial charge in [0, 0.05) is 24.3 Å². The Kier molecular flexibility index (Phi) is 3.74. The standard InChI is InChI=1S/C14H22N4/c1-2-6-13-12(5-1)14(17-11-16-13)15-7-10-18-8-3-4-9-18/h11H,1-10H2,(H,15,16,17). The Hall–Kier alpha value is -1.16. The van der Waals surface area contributed by atoms with Gasteiger partial charge in [-0.1, -0.05) is 0 Å². The number of aryl methyl sites for hydroxylation is 1. The van der Waals surface area contributed by atoms with Crippen molar-refractivity contribution in [1.29, 1.82) is 0 Å². The second-order valence-corrected chi connectivity index (χ2v) is 5.33. The second kappa shape index (κ2) is 5.65. The summed E-state index contributed by atoms with van der Waals surface area (Å²) >= 11 is 0. The minimum Gasteiger partial charge on any atom is -0.368 e. The molecule has 0 aromatic carbocycles. The van der Waals surface area contributed by atoms with E-state index in [1.54, 1.807) is 6.33 Å². The number of hydrogen-bond donors (Lipinski definition) is 1. The van der Waals surface area contributed by atoms with Crippen molar-refractivity contribution in [1.82, 2.24) is 14.9 Å². The van der Waals surface area contributed by atoms with Gasteiger partial charge in [-0.05, 0) is 51.6 Å². The summed E-state index contributed by atoms with van der Waals surface area (Å²) in [4.78, 5) is 11.3. The Labute approximate surface area is 109 Å². The molecule has 1 fully saturated rings. The Morgan fingerprint density at radius 1 is 1.06 bits per heavy atom. The zero-order valence-electron chi connectivity index (χ0n) is 11.0. The van der Waals surface area contributed by atoms with Crippen molar-refractivity contribution in [3.63, 3.8) is 0 Å². The molecule has 0 bridgehead atoms. The SMILES string of the molecule is c1nc2c(c(NCCN3CCCC3)n1)CCCC2. The quantitative estimate of drug-likeness (QED) is 0.880. The van der Waals surface area contributed by atoms with Crippen LogP contribution in [0.5, 0.6) is 0 Å². The average Bonchev–Trinajstić information content (AvgIpc) is 2.92. The van der Waals surface area contributed by atoms with Gasteiger partial charge in [0.1, 0.15) is 12.1 Å². The molecular formula is C14H22N4. The lowest BCUT2D eigenvalue weighted by Crippen LogP contribution is -2.26. The first-order valence-corrected chi connectivity index (χ1v) is 7.22. The first kappa shape index (κ1) is 11.9. The minimum absolute atomic E-state index is 1.00. The van der Waals surface area contributed by atoms with Gasteiger partial charge in [0.2, 0.25) is 0 Å². The summed E-state index contributed by atoms with van der Waals surface area (Å²) in [5.74, 6) is 1.08. The first-order valence-electron chi connectivity index (χ1n) is 7.22. The van der Waals surface area contributed by atoms with Gasteiger partial charge in [-0.3, -0.25) is 0 Å². The zero-order chi connectivity index (χ0) is 12.2. The van der Waals surface area contributed by atoms with Crippen LogP contribution in [0.3, 0.4) is 0 Å². The molecule has 98 valence electrons. The molecule has 0 atom stereocenters. The summed E-state index contributed by atoms with van der Waals surface area (Å²) in [6.07, 6.45) is 9.26. The highest BCUT2D eigenvalue weighted by Gasteiger charge is 2.15. The molecule has 1 saturated heterocycles. The number of nitrogens with one attached hydrogen (secondary N) is 1. The van der Waals surface area contributed by atoms with Crippen LogP contribution in [0.1, 0.15) is 36.9 Å². The summed E-state index contributed by atoms with van der Waals surface area (Å²) in [5, 5.41) is 3.51. The Morgan fingerprint density at radius 2 is 1.89 bits per heavy atom. The van der Waals surface area contributed by atoms with Crippen LogP contribution < -0.4 is 5.32 Å². The molecule has 4 heteroatoms. The van der Waals surface area contributed by atoms with Gasteiger partial charge in [-0.25, -0.2) is 9.97 Å². The van der Waals surface area contributed by atoms with Crippen molar-refractivity contribution < 1.29 is 0 Å². The molecule has 0 spiro atoms. The molecule has 2 heterocycles. The van der Waals surface area contributed by atoms with Gasteiger partial charge < -0.3 is 10.2 Å². The Morgan fingerprint density at radius 3 is 2.78 bits per heavy atom. The molecule has 1 aliphatic carbocycles. The highest BCUT2D eigenvalue weighted by Crippen LogP contribution is 2.24. The number of nitrogens with zero attached hydrogens (tertiary/aromatic N) is 3. The van der Waals surface area contributed by atoms with Gasteiger partial charge in [-0.15, -0.1) is 0 Å². The van der Waals surface area contributed by atoms with Crippen LogP contribution in [0.2, 0.25) is 0 Å². The molecule has 0 radical (unpaired) electrons. The van der Waals surface area contributed by atoms with Gasteiger partial charge in [0.05, 0.1) is 0 Å². The predicted molar refractivity (Wildman–Crippen MR) is 72.8 cm³/mol. The average molecular weight is 246 g/mol. The van der Waals surface area contributed by atoms with Gasteiger partial charge in [0.15, 0.2) is 0 Å². The van der Waals surface area contributed by atoms with E-state index in [0.717, 1.165) is 31.7 Å². The van der Waals surface area contributed by atoms with Crippen molar-refractivity contribution in [2.24, 2.45) is 0 Å². The Balaban J connectivity index is 1.58. The highest BCUT2D eigenvalue weighted by molar-refractivity contribution is 5.46. The lowest BCUT2D eigenvalue weighted by molar-refractivity contribution is 0.352. The molecule has 2 aliphatic rings. The molecule has 4 nitrogen and oxygen atoms in total. The van der Waals surface area contributed by atoms with Crippen LogP contribution in [-0.2, 0) is 12.8 Å². The fraction of sp³-hybridized carbons (Fsp3) is 0.714. The van der Waals surface area contributed by atoms with Crippen LogP contribution in [-0.4, -0.2) is 41.0 Å².